The molecule has 2 aromatic heterocycles. The summed E-state index contributed by atoms with van der Waals surface area (Å²) in [5.74, 6) is 0.356. The molecule has 0 fully saturated rings. The van der Waals surface area contributed by atoms with Crippen molar-refractivity contribution in [2.75, 3.05) is 16.4 Å². The van der Waals surface area contributed by atoms with Crippen LogP contribution in [0.15, 0.2) is 59.5 Å². The van der Waals surface area contributed by atoms with Gasteiger partial charge in [-0.1, -0.05) is 35.0 Å². The van der Waals surface area contributed by atoms with Crippen molar-refractivity contribution in [2.24, 2.45) is 0 Å². The number of amides is 2. The summed E-state index contributed by atoms with van der Waals surface area (Å²) >= 11 is 2.87. The van der Waals surface area contributed by atoms with Crippen LogP contribution < -0.4 is 16.4 Å². The molecule has 2 amide bonds. The molecule has 0 spiro atoms. The van der Waals surface area contributed by atoms with Crippen molar-refractivity contribution in [3.63, 3.8) is 0 Å². The van der Waals surface area contributed by atoms with E-state index in [2.05, 4.69) is 36.6 Å². The molecule has 0 bridgehead atoms. The number of benzene rings is 2. The summed E-state index contributed by atoms with van der Waals surface area (Å²) in [6.45, 7) is 2.02. The molecular formula is C22H18BrF3N6O. The Kier molecular flexibility index (Phi) is 5.98. The van der Waals surface area contributed by atoms with Crippen molar-refractivity contribution in [2.45, 2.75) is 19.5 Å². The fourth-order valence-corrected chi connectivity index (χ4v) is 3.98. The summed E-state index contributed by atoms with van der Waals surface area (Å²) < 4.78 is 40.8. The van der Waals surface area contributed by atoms with Gasteiger partial charge in [-0.3, -0.25) is 0 Å². The van der Waals surface area contributed by atoms with Crippen molar-refractivity contribution in [1.82, 2.24) is 14.6 Å². The van der Waals surface area contributed by atoms with Gasteiger partial charge >= 0.3 is 12.2 Å². The number of alkyl halides is 3. The number of aromatic nitrogens is 3. The summed E-state index contributed by atoms with van der Waals surface area (Å²) in [7, 11) is 0. The third kappa shape index (κ3) is 4.63. The SMILES string of the molecule is CCc1cn2ncnc(N)c2c1-c1ccc(NC(=O)Nc2ccc(Br)c(C(F)(F)F)c2)cc1. The predicted octanol–water partition coefficient (Wildman–Crippen LogP) is 5.97. The van der Waals surface area contributed by atoms with E-state index in [4.69, 9.17) is 5.73 Å². The van der Waals surface area contributed by atoms with Crippen molar-refractivity contribution >= 4 is 44.7 Å². The topological polar surface area (TPSA) is 97.3 Å². The molecule has 2 aromatic carbocycles. The fraction of sp³-hybridized carbons (Fsp3) is 0.136. The van der Waals surface area contributed by atoms with E-state index >= 15 is 0 Å². The Labute approximate surface area is 194 Å². The van der Waals surface area contributed by atoms with E-state index in [0.717, 1.165) is 29.2 Å². The van der Waals surface area contributed by atoms with Crippen LogP contribution in [-0.4, -0.2) is 20.6 Å². The number of fused-ring (bicyclic) bond motifs is 1. The van der Waals surface area contributed by atoms with Crippen LogP contribution in [-0.2, 0) is 12.6 Å². The fourth-order valence-electron chi connectivity index (χ4n) is 3.51. The zero-order chi connectivity index (χ0) is 23.8. The van der Waals surface area contributed by atoms with Crippen LogP contribution in [0, 0.1) is 0 Å². The van der Waals surface area contributed by atoms with Crippen LogP contribution >= 0.6 is 15.9 Å². The Morgan fingerprint density at radius 1 is 1.12 bits per heavy atom. The Hall–Kier alpha value is -3.60. The minimum absolute atomic E-state index is 0.0167. The highest BCUT2D eigenvalue weighted by molar-refractivity contribution is 9.10. The normalized spacial score (nSPS) is 11.5. The van der Waals surface area contributed by atoms with Crippen LogP contribution in [0.4, 0.5) is 35.2 Å². The van der Waals surface area contributed by atoms with Crippen molar-refractivity contribution in [3.8, 4) is 11.1 Å². The van der Waals surface area contributed by atoms with Crippen molar-refractivity contribution in [1.29, 1.82) is 0 Å². The number of carbonyl (C=O) groups is 1. The average molecular weight is 519 g/mol. The number of urea groups is 1. The molecule has 0 saturated carbocycles. The second-order valence-electron chi connectivity index (χ2n) is 7.17. The van der Waals surface area contributed by atoms with Gasteiger partial charge in [0, 0.05) is 27.6 Å². The number of aryl methyl sites for hydroxylation is 1. The molecule has 33 heavy (non-hydrogen) atoms. The Morgan fingerprint density at radius 3 is 2.45 bits per heavy atom. The molecule has 0 aliphatic rings. The molecule has 0 atom stereocenters. The van der Waals surface area contributed by atoms with Crippen LogP contribution in [0.5, 0.6) is 0 Å². The number of nitrogens with one attached hydrogen (secondary N) is 2. The number of halogens is 4. The van der Waals surface area contributed by atoms with Gasteiger partial charge in [-0.05, 0) is 47.9 Å². The molecular weight excluding hydrogens is 501 g/mol. The van der Waals surface area contributed by atoms with Gasteiger partial charge in [0.25, 0.3) is 0 Å². The number of hydrogen-bond donors (Lipinski definition) is 3. The number of rotatable bonds is 4. The lowest BCUT2D eigenvalue weighted by Crippen LogP contribution is -2.19. The minimum atomic E-state index is -4.54. The molecule has 4 aromatic rings. The van der Waals surface area contributed by atoms with E-state index in [0.29, 0.717) is 17.0 Å². The van der Waals surface area contributed by atoms with Gasteiger partial charge in [-0.25, -0.2) is 14.3 Å². The number of nitrogen functional groups attached to an aromatic ring is 1. The first-order chi connectivity index (χ1) is 15.7. The largest absolute Gasteiger partial charge is 0.417 e. The second kappa shape index (κ2) is 8.74. The van der Waals surface area contributed by atoms with Gasteiger partial charge < -0.3 is 16.4 Å². The first-order valence-corrected chi connectivity index (χ1v) is 10.6. The summed E-state index contributed by atoms with van der Waals surface area (Å²) in [5, 5.41) is 9.24. The van der Waals surface area contributed by atoms with Gasteiger partial charge in [0.2, 0.25) is 0 Å². The van der Waals surface area contributed by atoms with Crippen molar-refractivity contribution in [3.05, 3.63) is 70.6 Å². The highest BCUT2D eigenvalue weighted by atomic mass is 79.9. The molecule has 0 aliphatic heterocycles. The number of nitrogens with two attached hydrogens (primary N) is 1. The Balaban J connectivity index is 1.54. The molecule has 170 valence electrons. The average Bonchev–Trinajstić information content (AvgIpc) is 3.15. The number of anilines is 3. The quantitative estimate of drug-likeness (QED) is 0.310. The first-order valence-electron chi connectivity index (χ1n) is 9.83. The molecule has 4 rings (SSSR count). The minimum Gasteiger partial charge on any atom is -0.382 e. The first kappa shape index (κ1) is 22.6. The maximum atomic E-state index is 13.1. The highest BCUT2D eigenvalue weighted by Crippen LogP contribution is 2.36. The lowest BCUT2D eigenvalue weighted by Gasteiger charge is -2.13. The van der Waals surface area contributed by atoms with E-state index in [9.17, 15) is 18.0 Å². The maximum Gasteiger partial charge on any atom is 0.417 e. The molecule has 7 nitrogen and oxygen atoms in total. The van der Waals surface area contributed by atoms with Crippen LogP contribution in [0.3, 0.4) is 0 Å². The standard InChI is InChI=1S/C22H18BrF3N6O/c1-2-12-10-32-19(20(27)28-11-29-32)18(12)13-3-5-14(6-4-13)30-21(33)31-15-7-8-17(23)16(9-15)22(24,25)26/h3-11H,2H2,1H3,(H2,27,28,29)(H2,30,31,33). The van der Waals surface area contributed by atoms with Crippen LogP contribution in [0.2, 0.25) is 0 Å². The summed E-state index contributed by atoms with van der Waals surface area (Å²) in [5.41, 5.74) is 9.18. The van der Waals surface area contributed by atoms with Crippen LogP contribution in [0.1, 0.15) is 18.1 Å². The summed E-state index contributed by atoms with van der Waals surface area (Å²) in [6, 6.07) is 9.83. The summed E-state index contributed by atoms with van der Waals surface area (Å²) in [4.78, 5) is 16.4. The van der Waals surface area contributed by atoms with Crippen molar-refractivity contribution < 1.29 is 18.0 Å². The molecule has 0 aliphatic carbocycles. The number of hydrogen-bond acceptors (Lipinski definition) is 4. The molecule has 2 heterocycles. The van der Waals surface area contributed by atoms with Gasteiger partial charge in [-0.2, -0.15) is 18.3 Å². The lowest BCUT2D eigenvalue weighted by molar-refractivity contribution is -0.138. The Morgan fingerprint density at radius 2 is 1.79 bits per heavy atom. The van der Waals surface area contributed by atoms with E-state index < -0.39 is 17.8 Å². The number of nitrogens with zero attached hydrogens (tertiary/aromatic N) is 3. The van der Waals surface area contributed by atoms with Gasteiger partial charge in [0.15, 0.2) is 5.82 Å². The van der Waals surface area contributed by atoms with E-state index in [-0.39, 0.29) is 10.2 Å². The smallest absolute Gasteiger partial charge is 0.382 e. The maximum absolute atomic E-state index is 13.1. The zero-order valence-electron chi connectivity index (χ0n) is 17.2. The van der Waals surface area contributed by atoms with Gasteiger partial charge in [0.1, 0.15) is 11.8 Å². The van der Waals surface area contributed by atoms with Gasteiger partial charge in [-0.15, -0.1) is 0 Å². The summed E-state index contributed by atoms with van der Waals surface area (Å²) in [6.07, 6.45) is -0.498. The van der Waals surface area contributed by atoms with Crippen LogP contribution in [0.25, 0.3) is 16.6 Å². The molecule has 11 heteroatoms. The predicted molar refractivity (Wildman–Crippen MR) is 124 cm³/mol. The van der Waals surface area contributed by atoms with Gasteiger partial charge in [0.05, 0.1) is 5.56 Å². The van der Waals surface area contributed by atoms with E-state index in [1.165, 1.54) is 18.5 Å². The Bertz CT molecular complexity index is 1330. The number of carbonyl (C=O) groups excluding carboxylic acids is 1. The molecule has 4 N–H and O–H groups in total. The molecule has 0 saturated heterocycles. The second-order valence-corrected chi connectivity index (χ2v) is 8.02. The highest BCUT2D eigenvalue weighted by Gasteiger charge is 2.33. The van der Waals surface area contributed by atoms with E-state index in [1.54, 1.807) is 16.6 Å². The third-order valence-corrected chi connectivity index (χ3v) is 5.71. The monoisotopic (exact) mass is 518 g/mol. The third-order valence-electron chi connectivity index (χ3n) is 5.02. The molecule has 0 radical (unpaired) electrons. The van der Waals surface area contributed by atoms with E-state index in [1.807, 2.05) is 25.3 Å². The zero-order valence-corrected chi connectivity index (χ0v) is 18.8. The lowest BCUT2D eigenvalue weighted by atomic mass is 10.0. The molecule has 0 unspecified atom stereocenters.